The van der Waals surface area contributed by atoms with Gasteiger partial charge in [0.05, 0.1) is 4.90 Å². The fourth-order valence-corrected chi connectivity index (χ4v) is 3.90. The van der Waals surface area contributed by atoms with E-state index in [4.69, 9.17) is 9.88 Å². The van der Waals surface area contributed by atoms with Crippen LogP contribution in [0.25, 0.3) is 0 Å². The van der Waals surface area contributed by atoms with Crippen LogP contribution in [0, 0.1) is 20.8 Å². The molecule has 0 aromatic heterocycles. The molecule has 0 bridgehead atoms. The topological polar surface area (TPSA) is 69.4 Å². The highest BCUT2D eigenvalue weighted by Gasteiger charge is 2.32. The highest BCUT2D eigenvalue weighted by atomic mass is 32.2. The summed E-state index contributed by atoms with van der Waals surface area (Å²) in [5, 5.41) is 5.34. The van der Waals surface area contributed by atoms with Gasteiger partial charge in [0.15, 0.2) is 0 Å². The zero-order valence-corrected chi connectivity index (χ0v) is 12.9. The molecule has 1 heterocycles. The second-order valence-electron chi connectivity index (χ2n) is 5.92. The molecule has 0 saturated heterocycles. The molecule has 19 heavy (non-hydrogen) atoms. The van der Waals surface area contributed by atoms with Crippen LogP contribution in [-0.2, 0) is 16.4 Å². The van der Waals surface area contributed by atoms with Crippen molar-refractivity contribution in [2.24, 2.45) is 5.14 Å². The summed E-state index contributed by atoms with van der Waals surface area (Å²) in [6.45, 7) is 9.54. The number of rotatable bonds is 1. The molecule has 2 N–H and O–H groups in total. The van der Waals surface area contributed by atoms with Crippen LogP contribution in [0.5, 0.6) is 5.75 Å². The summed E-state index contributed by atoms with van der Waals surface area (Å²) in [5.74, 6) is 0.698. The Morgan fingerprint density at radius 2 is 1.68 bits per heavy atom. The highest BCUT2D eigenvalue weighted by Crippen LogP contribution is 2.41. The van der Waals surface area contributed by atoms with E-state index in [9.17, 15) is 8.42 Å². The fraction of sp³-hybridized carbons (Fsp3) is 0.571. The van der Waals surface area contributed by atoms with Crippen LogP contribution in [-0.4, -0.2) is 14.0 Å². The molecule has 5 heteroatoms. The van der Waals surface area contributed by atoms with Gasteiger partial charge in [-0.2, -0.15) is 0 Å². The summed E-state index contributed by atoms with van der Waals surface area (Å²) in [4.78, 5) is 0.210. The maximum absolute atomic E-state index is 11.8. The van der Waals surface area contributed by atoms with E-state index in [2.05, 4.69) is 0 Å². The van der Waals surface area contributed by atoms with E-state index in [0.29, 0.717) is 11.3 Å². The van der Waals surface area contributed by atoms with E-state index in [1.165, 1.54) is 0 Å². The lowest BCUT2D eigenvalue weighted by molar-refractivity contribution is 0.0829. The summed E-state index contributed by atoms with van der Waals surface area (Å²) in [6.07, 6.45) is 1.83. The van der Waals surface area contributed by atoms with Crippen molar-refractivity contribution in [2.45, 2.75) is 58.0 Å². The Hall–Kier alpha value is -1.07. The lowest BCUT2D eigenvalue weighted by atomic mass is 9.88. The molecule has 2 rings (SSSR count). The predicted molar refractivity (Wildman–Crippen MR) is 75.1 cm³/mol. The number of benzene rings is 1. The first-order valence-corrected chi connectivity index (χ1v) is 7.93. The molecule has 0 unspecified atom stereocenters. The normalized spacial score (nSPS) is 17.8. The Kier molecular flexibility index (Phi) is 3.18. The standard InChI is InChI=1S/C14H21NO3S/c1-8-9(2)13(19(15,16)17)10(3)12-11(8)6-7-14(4,5)18-12/h6-7H2,1-5H3,(H2,15,16,17). The molecule has 106 valence electrons. The van der Waals surface area contributed by atoms with Gasteiger partial charge in [-0.25, -0.2) is 13.6 Å². The summed E-state index contributed by atoms with van der Waals surface area (Å²) in [5.41, 5.74) is 3.19. The smallest absolute Gasteiger partial charge is 0.238 e. The third-order valence-corrected chi connectivity index (χ3v) is 5.13. The number of hydrogen-bond donors (Lipinski definition) is 1. The van der Waals surface area contributed by atoms with Crippen molar-refractivity contribution in [2.75, 3.05) is 0 Å². The van der Waals surface area contributed by atoms with Crippen LogP contribution >= 0.6 is 0 Å². The van der Waals surface area contributed by atoms with Gasteiger partial charge in [-0.3, -0.25) is 0 Å². The van der Waals surface area contributed by atoms with Gasteiger partial charge in [0.1, 0.15) is 11.4 Å². The van der Waals surface area contributed by atoms with Gasteiger partial charge in [0.25, 0.3) is 0 Å². The minimum Gasteiger partial charge on any atom is -0.487 e. The molecule has 0 radical (unpaired) electrons. The SMILES string of the molecule is Cc1c(C)c(S(N)(=O)=O)c(C)c2c1CCC(C)(C)O2. The lowest BCUT2D eigenvalue weighted by Gasteiger charge is -2.35. The van der Waals surface area contributed by atoms with Gasteiger partial charge >= 0.3 is 0 Å². The number of nitrogens with two attached hydrogens (primary N) is 1. The Bertz CT molecular complexity index is 645. The summed E-state index contributed by atoms with van der Waals surface area (Å²) in [7, 11) is -3.74. The molecule has 0 saturated carbocycles. The average molecular weight is 283 g/mol. The van der Waals surface area contributed by atoms with Crippen LogP contribution in [0.4, 0.5) is 0 Å². The summed E-state index contributed by atoms with van der Waals surface area (Å²) < 4.78 is 29.6. The Morgan fingerprint density at radius 3 is 2.21 bits per heavy atom. The molecule has 0 amide bonds. The Labute approximate surface area is 115 Å². The molecule has 0 atom stereocenters. The third-order valence-electron chi connectivity index (χ3n) is 3.95. The maximum atomic E-state index is 11.8. The fourth-order valence-electron chi connectivity index (χ4n) is 2.80. The van der Waals surface area contributed by atoms with Crippen molar-refractivity contribution in [3.63, 3.8) is 0 Å². The van der Waals surface area contributed by atoms with Gasteiger partial charge in [-0.1, -0.05) is 0 Å². The van der Waals surface area contributed by atoms with Crippen LogP contribution in [0.15, 0.2) is 4.90 Å². The number of sulfonamides is 1. The minimum absolute atomic E-state index is 0.210. The highest BCUT2D eigenvalue weighted by molar-refractivity contribution is 7.89. The van der Waals surface area contributed by atoms with Crippen LogP contribution < -0.4 is 9.88 Å². The van der Waals surface area contributed by atoms with E-state index >= 15 is 0 Å². The van der Waals surface area contributed by atoms with Crippen molar-refractivity contribution in [3.8, 4) is 5.75 Å². The number of hydrogen-bond acceptors (Lipinski definition) is 3. The van der Waals surface area contributed by atoms with E-state index in [1.807, 2.05) is 27.7 Å². The largest absolute Gasteiger partial charge is 0.487 e. The molecule has 0 aliphatic carbocycles. The van der Waals surface area contributed by atoms with E-state index in [1.54, 1.807) is 6.92 Å². The quantitative estimate of drug-likeness (QED) is 0.860. The molecule has 1 aliphatic rings. The van der Waals surface area contributed by atoms with Crippen molar-refractivity contribution in [1.29, 1.82) is 0 Å². The third kappa shape index (κ3) is 2.37. The molecule has 1 aromatic carbocycles. The number of fused-ring (bicyclic) bond motifs is 1. The zero-order valence-electron chi connectivity index (χ0n) is 12.1. The molecule has 1 aliphatic heterocycles. The van der Waals surface area contributed by atoms with Crippen LogP contribution in [0.3, 0.4) is 0 Å². The van der Waals surface area contributed by atoms with E-state index in [-0.39, 0.29) is 10.5 Å². The van der Waals surface area contributed by atoms with Crippen molar-refractivity contribution >= 4 is 10.0 Å². The lowest BCUT2D eigenvalue weighted by Crippen LogP contribution is -2.34. The second-order valence-corrected chi connectivity index (χ2v) is 7.42. The van der Waals surface area contributed by atoms with E-state index < -0.39 is 10.0 Å². The summed E-state index contributed by atoms with van der Waals surface area (Å²) >= 11 is 0. The number of primary sulfonamides is 1. The van der Waals surface area contributed by atoms with Gasteiger partial charge in [-0.15, -0.1) is 0 Å². The van der Waals surface area contributed by atoms with Crippen molar-refractivity contribution < 1.29 is 13.2 Å². The van der Waals surface area contributed by atoms with Crippen LogP contribution in [0.2, 0.25) is 0 Å². The zero-order chi connectivity index (χ0) is 14.6. The van der Waals surface area contributed by atoms with Gasteiger partial charge in [-0.05, 0) is 64.2 Å². The predicted octanol–water partition coefficient (Wildman–Crippen LogP) is 2.36. The van der Waals surface area contributed by atoms with Crippen LogP contribution in [0.1, 0.15) is 42.5 Å². The molecule has 1 aromatic rings. The first kappa shape index (κ1) is 14.3. The molecular formula is C14H21NO3S. The Morgan fingerprint density at radius 1 is 1.11 bits per heavy atom. The maximum Gasteiger partial charge on any atom is 0.238 e. The number of ether oxygens (including phenoxy) is 1. The summed E-state index contributed by atoms with van der Waals surface area (Å²) in [6, 6.07) is 0. The molecule has 4 nitrogen and oxygen atoms in total. The van der Waals surface area contributed by atoms with Crippen molar-refractivity contribution in [1.82, 2.24) is 0 Å². The average Bonchev–Trinajstić information content (AvgIpc) is 2.23. The van der Waals surface area contributed by atoms with Gasteiger partial charge < -0.3 is 4.74 Å². The second kappa shape index (κ2) is 4.21. The molecule has 0 spiro atoms. The minimum atomic E-state index is -3.74. The van der Waals surface area contributed by atoms with E-state index in [0.717, 1.165) is 29.5 Å². The van der Waals surface area contributed by atoms with Gasteiger partial charge in [0.2, 0.25) is 10.0 Å². The van der Waals surface area contributed by atoms with Gasteiger partial charge in [0, 0.05) is 5.56 Å². The Balaban J connectivity index is 2.80. The molecule has 0 fully saturated rings. The van der Waals surface area contributed by atoms with Crippen molar-refractivity contribution in [3.05, 3.63) is 22.3 Å². The first-order chi connectivity index (χ1) is 8.54. The molecular weight excluding hydrogens is 262 g/mol. The first-order valence-electron chi connectivity index (χ1n) is 6.39. The monoisotopic (exact) mass is 283 g/mol.